The Morgan fingerprint density at radius 2 is 2.29 bits per heavy atom. The molecule has 1 aromatic heterocycles. The maximum atomic E-state index is 12.4. The number of amides is 1. The lowest BCUT2D eigenvalue weighted by molar-refractivity contribution is 0.0682. The van der Waals surface area contributed by atoms with E-state index in [9.17, 15) is 4.79 Å². The molecule has 2 rings (SSSR count). The van der Waals surface area contributed by atoms with E-state index in [4.69, 9.17) is 5.11 Å². The Morgan fingerprint density at radius 3 is 2.95 bits per heavy atom. The fourth-order valence-corrected chi connectivity index (χ4v) is 2.48. The number of aliphatic hydroxyl groups is 1. The van der Waals surface area contributed by atoms with Crippen molar-refractivity contribution in [3.63, 3.8) is 0 Å². The quantitative estimate of drug-likeness (QED) is 0.859. The van der Waals surface area contributed by atoms with E-state index >= 15 is 0 Å². The van der Waals surface area contributed by atoms with Crippen LogP contribution in [-0.4, -0.2) is 51.4 Å². The van der Waals surface area contributed by atoms with Crippen molar-refractivity contribution < 1.29 is 9.90 Å². The number of hydrogen-bond donors (Lipinski definition) is 1. The Morgan fingerprint density at radius 1 is 1.52 bits per heavy atom. The van der Waals surface area contributed by atoms with Gasteiger partial charge in [-0.05, 0) is 31.4 Å². The van der Waals surface area contributed by atoms with Gasteiger partial charge in [0.15, 0.2) is 5.16 Å². The standard InChI is InChI=1S/C15H19N3O2S/c1-11(10-19)17(2)14(20)12-5-4-6-13(9-12)18-8-7-16-15(18)21-3/h4-9,11,19H,10H2,1-3H3. The normalized spacial score (nSPS) is 12.2. The van der Waals surface area contributed by atoms with Crippen molar-refractivity contribution in [2.45, 2.75) is 18.1 Å². The van der Waals surface area contributed by atoms with Gasteiger partial charge in [0, 0.05) is 30.7 Å². The van der Waals surface area contributed by atoms with Crippen molar-refractivity contribution in [3.8, 4) is 5.69 Å². The molecule has 2 aromatic rings. The van der Waals surface area contributed by atoms with Gasteiger partial charge in [0.25, 0.3) is 5.91 Å². The second-order valence-electron chi connectivity index (χ2n) is 4.78. The molecule has 1 unspecified atom stereocenters. The molecule has 0 saturated heterocycles. The zero-order chi connectivity index (χ0) is 15.4. The summed E-state index contributed by atoms with van der Waals surface area (Å²) >= 11 is 1.55. The third-order valence-electron chi connectivity index (χ3n) is 3.41. The van der Waals surface area contributed by atoms with E-state index in [0.29, 0.717) is 5.56 Å². The predicted molar refractivity (Wildman–Crippen MR) is 84.0 cm³/mol. The molecule has 1 N–H and O–H groups in total. The maximum Gasteiger partial charge on any atom is 0.253 e. The van der Waals surface area contributed by atoms with Crippen LogP contribution in [0.1, 0.15) is 17.3 Å². The lowest BCUT2D eigenvalue weighted by Crippen LogP contribution is -2.37. The molecular formula is C15H19N3O2S. The van der Waals surface area contributed by atoms with E-state index in [-0.39, 0.29) is 18.6 Å². The van der Waals surface area contributed by atoms with Crippen LogP contribution in [0, 0.1) is 0 Å². The number of aromatic nitrogens is 2. The summed E-state index contributed by atoms with van der Waals surface area (Å²) in [6, 6.07) is 7.20. The Labute approximate surface area is 128 Å². The van der Waals surface area contributed by atoms with E-state index in [0.717, 1.165) is 10.8 Å². The van der Waals surface area contributed by atoms with E-state index in [1.54, 1.807) is 36.0 Å². The first-order valence-electron chi connectivity index (χ1n) is 6.64. The number of carbonyl (C=O) groups excluding carboxylic acids is 1. The van der Waals surface area contributed by atoms with Crippen LogP contribution in [0.4, 0.5) is 0 Å². The average molecular weight is 305 g/mol. The number of likely N-dealkylation sites (N-methyl/N-ethyl adjacent to an activating group) is 1. The van der Waals surface area contributed by atoms with Crippen LogP contribution in [0.25, 0.3) is 5.69 Å². The number of nitrogens with zero attached hydrogens (tertiary/aromatic N) is 3. The molecule has 1 atom stereocenters. The molecule has 0 aliphatic heterocycles. The van der Waals surface area contributed by atoms with E-state index < -0.39 is 0 Å². The number of benzene rings is 1. The zero-order valence-corrected chi connectivity index (χ0v) is 13.2. The molecule has 6 heteroatoms. The molecule has 0 aliphatic carbocycles. The lowest BCUT2D eigenvalue weighted by atomic mass is 10.1. The summed E-state index contributed by atoms with van der Waals surface area (Å²) < 4.78 is 1.94. The maximum absolute atomic E-state index is 12.4. The third kappa shape index (κ3) is 3.28. The summed E-state index contributed by atoms with van der Waals surface area (Å²) in [5, 5.41) is 10.0. The van der Waals surface area contributed by atoms with Gasteiger partial charge in [0.2, 0.25) is 0 Å². The largest absolute Gasteiger partial charge is 0.394 e. The second-order valence-corrected chi connectivity index (χ2v) is 5.56. The molecule has 0 spiro atoms. The third-order valence-corrected chi connectivity index (χ3v) is 4.07. The van der Waals surface area contributed by atoms with Crippen molar-refractivity contribution >= 4 is 17.7 Å². The lowest BCUT2D eigenvalue weighted by Gasteiger charge is -2.23. The topological polar surface area (TPSA) is 58.4 Å². The predicted octanol–water partition coefficient (Wildman–Crippen LogP) is 2.05. The number of rotatable bonds is 5. The number of imidazole rings is 1. The zero-order valence-electron chi connectivity index (χ0n) is 12.4. The van der Waals surface area contributed by atoms with Crippen molar-refractivity contribution in [1.82, 2.24) is 14.5 Å². The number of aliphatic hydroxyl groups excluding tert-OH is 1. The first-order valence-corrected chi connectivity index (χ1v) is 7.86. The molecule has 0 aliphatic rings. The van der Waals surface area contributed by atoms with Gasteiger partial charge < -0.3 is 10.0 Å². The molecule has 112 valence electrons. The minimum atomic E-state index is -0.212. The van der Waals surface area contributed by atoms with E-state index in [2.05, 4.69) is 4.98 Å². The van der Waals surface area contributed by atoms with Crippen molar-refractivity contribution in [3.05, 3.63) is 42.2 Å². The first kappa shape index (κ1) is 15.6. The summed E-state index contributed by atoms with van der Waals surface area (Å²) in [5.74, 6) is -0.107. The van der Waals surface area contributed by atoms with Crippen LogP contribution >= 0.6 is 11.8 Å². The van der Waals surface area contributed by atoms with Crippen LogP contribution in [0.5, 0.6) is 0 Å². The Kier molecular flexibility index (Phi) is 5.03. The van der Waals surface area contributed by atoms with Gasteiger partial charge in [0.05, 0.1) is 12.6 Å². The molecule has 21 heavy (non-hydrogen) atoms. The molecule has 0 bridgehead atoms. The van der Waals surface area contributed by atoms with Crippen LogP contribution in [0.15, 0.2) is 41.8 Å². The molecule has 1 heterocycles. The van der Waals surface area contributed by atoms with Gasteiger partial charge in [0.1, 0.15) is 0 Å². The summed E-state index contributed by atoms with van der Waals surface area (Å²) in [6.07, 6.45) is 5.57. The summed E-state index contributed by atoms with van der Waals surface area (Å²) in [5.41, 5.74) is 1.49. The SMILES string of the molecule is CSc1nccn1-c1cccc(C(=O)N(C)C(C)CO)c1. The van der Waals surface area contributed by atoms with Crippen molar-refractivity contribution in [1.29, 1.82) is 0 Å². The van der Waals surface area contributed by atoms with Gasteiger partial charge in [-0.15, -0.1) is 0 Å². The molecule has 0 fully saturated rings. The highest BCUT2D eigenvalue weighted by atomic mass is 32.2. The van der Waals surface area contributed by atoms with Crippen LogP contribution in [0.3, 0.4) is 0 Å². The summed E-state index contributed by atoms with van der Waals surface area (Å²) in [7, 11) is 1.69. The van der Waals surface area contributed by atoms with Crippen molar-refractivity contribution in [2.24, 2.45) is 0 Å². The Hall–Kier alpha value is -1.79. The average Bonchev–Trinajstić information content (AvgIpc) is 3.01. The highest BCUT2D eigenvalue weighted by Crippen LogP contribution is 2.19. The van der Waals surface area contributed by atoms with Crippen LogP contribution < -0.4 is 0 Å². The molecule has 5 nitrogen and oxygen atoms in total. The fourth-order valence-electron chi connectivity index (χ4n) is 1.95. The number of hydrogen-bond acceptors (Lipinski definition) is 4. The Bertz CT molecular complexity index is 627. The van der Waals surface area contributed by atoms with E-state index in [1.165, 1.54) is 0 Å². The monoisotopic (exact) mass is 305 g/mol. The van der Waals surface area contributed by atoms with E-state index in [1.807, 2.05) is 42.1 Å². The number of thioether (sulfide) groups is 1. The minimum absolute atomic E-state index is 0.0555. The minimum Gasteiger partial charge on any atom is -0.394 e. The smallest absolute Gasteiger partial charge is 0.253 e. The Balaban J connectivity index is 2.32. The number of carbonyl (C=O) groups is 1. The highest BCUT2D eigenvalue weighted by molar-refractivity contribution is 7.98. The van der Waals surface area contributed by atoms with Gasteiger partial charge >= 0.3 is 0 Å². The van der Waals surface area contributed by atoms with Gasteiger partial charge in [-0.3, -0.25) is 9.36 Å². The molecule has 0 saturated carbocycles. The van der Waals surface area contributed by atoms with Crippen LogP contribution in [0.2, 0.25) is 0 Å². The highest BCUT2D eigenvalue weighted by Gasteiger charge is 2.17. The van der Waals surface area contributed by atoms with Crippen molar-refractivity contribution in [2.75, 3.05) is 19.9 Å². The van der Waals surface area contributed by atoms with Gasteiger partial charge in [-0.25, -0.2) is 4.98 Å². The molecule has 0 radical (unpaired) electrons. The summed E-state index contributed by atoms with van der Waals surface area (Å²) in [4.78, 5) is 18.2. The molecule has 1 aromatic carbocycles. The summed E-state index contributed by atoms with van der Waals surface area (Å²) in [6.45, 7) is 1.75. The fraction of sp³-hybridized carbons (Fsp3) is 0.333. The van der Waals surface area contributed by atoms with Crippen LogP contribution in [-0.2, 0) is 0 Å². The second kappa shape index (κ2) is 6.78. The van der Waals surface area contributed by atoms with Gasteiger partial charge in [-0.2, -0.15) is 0 Å². The molecular weight excluding hydrogens is 286 g/mol. The molecule has 1 amide bonds. The first-order chi connectivity index (χ1) is 10.1. The van der Waals surface area contributed by atoms with Gasteiger partial charge in [-0.1, -0.05) is 17.8 Å².